The largest absolute Gasteiger partial charge is 0.495 e. The van der Waals surface area contributed by atoms with Gasteiger partial charge in [-0.25, -0.2) is 17.9 Å². The Morgan fingerprint density at radius 1 is 1.32 bits per heavy atom. The van der Waals surface area contributed by atoms with E-state index >= 15 is 0 Å². The van der Waals surface area contributed by atoms with Gasteiger partial charge in [-0.2, -0.15) is 0 Å². The van der Waals surface area contributed by atoms with E-state index in [9.17, 15) is 13.2 Å². The Balaban J connectivity index is 2.19. The molecule has 0 radical (unpaired) electrons. The zero-order valence-electron chi connectivity index (χ0n) is 12.5. The van der Waals surface area contributed by atoms with Gasteiger partial charge in [0.1, 0.15) is 10.6 Å². The Morgan fingerprint density at radius 2 is 2.00 bits per heavy atom. The lowest BCUT2D eigenvalue weighted by Crippen LogP contribution is -2.30. The molecule has 22 heavy (non-hydrogen) atoms. The summed E-state index contributed by atoms with van der Waals surface area (Å²) >= 11 is 0. The molecule has 0 spiro atoms. The minimum Gasteiger partial charge on any atom is -0.495 e. The van der Waals surface area contributed by atoms with Crippen LogP contribution in [0.3, 0.4) is 0 Å². The van der Waals surface area contributed by atoms with Gasteiger partial charge < -0.3 is 9.84 Å². The smallest absolute Gasteiger partial charge is 0.335 e. The Bertz CT molecular complexity index is 635. The fourth-order valence-corrected chi connectivity index (χ4v) is 4.03. The van der Waals surface area contributed by atoms with Crippen molar-refractivity contribution in [2.75, 3.05) is 13.7 Å². The SMILES string of the molecule is COc1ccc(C(=O)O)cc1S(=O)(=O)NCC1CCCCC1. The van der Waals surface area contributed by atoms with E-state index in [4.69, 9.17) is 9.84 Å². The van der Waals surface area contributed by atoms with E-state index in [1.165, 1.54) is 25.7 Å². The van der Waals surface area contributed by atoms with Crippen LogP contribution in [0.4, 0.5) is 0 Å². The topological polar surface area (TPSA) is 92.7 Å². The number of carboxylic acid groups (broad SMARTS) is 1. The van der Waals surface area contributed by atoms with Gasteiger partial charge in [-0.1, -0.05) is 19.3 Å². The highest BCUT2D eigenvalue weighted by atomic mass is 32.2. The number of rotatable bonds is 6. The summed E-state index contributed by atoms with van der Waals surface area (Å²) in [5.41, 5.74) is -0.0844. The third-order valence-corrected chi connectivity index (χ3v) is 5.43. The van der Waals surface area contributed by atoms with Gasteiger partial charge in [0.2, 0.25) is 10.0 Å². The van der Waals surface area contributed by atoms with Crippen molar-refractivity contribution in [3.63, 3.8) is 0 Å². The molecule has 0 aromatic heterocycles. The molecule has 2 N–H and O–H groups in total. The van der Waals surface area contributed by atoms with Crippen LogP contribution in [-0.4, -0.2) is 33.1 Å². The van der Waals surface area contributed by atoms with Crippen LogP contribution in [-0.2, 0) is 10.0 Å². The van der Waals surface area contributed by atoms with Crippen LogP contribution in [0.2, 0.25) is 0 Å². The predicted molar refractivity (Wildman–Crippen MR) is 81.7 cm³/mol. The summed E-state index contributed by atoms with van der Waals surface area (Å²) in [5.74, 6) is -0.690. The van der Waals surface area contributed by atoms with Crippen molar-refractivity contribution in [1.29, 1.82) is 0 Å². The maximum Gasteiger partial charge on any atom is 0.335 e. The molecule has 122 valence electrons. The van der Waals surface area contributed by atoms with Gasteiger partial charge in [0.25, 0.3) is 0 Å². The molecule has 0 amide bonds. The molecular formula is C15H21NO5S. The first-order valence-corrected chi connectivity index (χ1v) is 8.83. The quantitative estimate of drug-likeness (QED) is 0.836. The molecule has 0 saturated heterocycles. The Morgan fingerprint density at radius 3 is 2.59 bits per heavy atom. The van der Waals surface area contributed by atoms with Crippen LogP contribution in [0.15, 0.2) is 23.1 Å². The lowest BCUT2D eigenvalue weighted by molar-refractivity contribution is 0.0696. The average Bonchev–Trinajstić information content (AvgIpc) is 2.53. The minimum atomic E-state index is -3.80. The first-order valence-electron chi connectivity index (χ1n) is 7.35. The second kappa shape index (κ2) is 7.11. The van der Waals surface area contributed by atoms with Crippen LogP contribution in [0.5, 0.6) is 5.75 Å². The molecule has 0 atom stereocenters. The second-order valence-electron chi connectivity index (χ2n) is 5.53. The molecule has 2 rings (SSSR count). The van der Waals surface area contributed by atoms with Gasteiger partial charge in [-0.05, 0) is 37.0 Å². The summed E-state index contributed by atoms with van der Waals surface area (Å²) in [6.45, 7) is 0.378. The van der Waals surface area contributed by atoms with Gasteiger partial charge in [0.15, 0.2) is 0 Å². The van der Waals surface area contributed by atoms with E-state index in [1.807, 2.05) is 0 Å². The molecule has 1 aromatic rings. The molecule has 1 aliphatic rings. The van der Waals surface area contributed by atoms with E-state index in [0.29, 0.717) is 12.5 Å². The van der Waals surface area contributed by atoms with E-state index < -0.39 is 16.0 Å². The molecule has 0 aliphatic heterocycles. The maximum absolute atomic E-state index is 12.4. The number of carbonyl (C=O) groups is 1. The maximum atomic E-state index is 12.4. The number of hydrogen-bond acceptors (Lipinski definition) is 4. The van der Waals surface area contributed by atoms with Gasteiger partial charge in [-0.3, -0.25) is 0 Å². The molecule has 1 fully saturated rings. The van der Waals surface area contributed by atoms with Gasteiger partial charge in [-0.15, -0.1) is 0 Å². The van der Waals surface area contributed by atoms with Crippen LogP contribution in [0, 0.1) is 5.92 Å². The van der Waals surface area contributed by atoms with Crippen molar-refractivity contribution >= 4 is 16.0 Å². The van der Waals surface area contributed by atoms with Crippen molar-refractivity contribution in [2.45, 2.75) is 37.0 Å². The number of hydrogen-bond donors (Lipinski definition) is 2. The fourth-order valence-electron chi connectivity index (χ4n) is 2.72. The van der Waals surface area contributed by atoms with E-state index in [1.54, 1.807) is 0 Å². The average molecular weight is 327 g/mol. The number of ether oxygens (including phenoxy) is 1. The monoisotopic (exact) mass is 327 g/mol. The molecule has 1 aliphatic carbocycles. The zero-order chi connectivity index (χ0) is 16.2. The third-order valence-electron chi connectivity index (χ3n) is 3.99. The standard InChI is InChI=1S/C15H21NO5S/c1-21-13-8-7-12(15(17)18)9-14(13)22(19,20)16-10-11-5-3-2-4-6-11/h7-9,11,16H,2-6,10H2,1H3,(H,17,18). The highest BCUT2D eigenvalue weighted by molar-refractivity contribution is 7.89. The Kier molecular flexibility index (Phi) is 5.42. The first kappa shape index (κ1) is 16.8. The summed E-state index contributed by atoms with van der Waals surface area (Å²) in [6, 6.07) is 3.81. The predicted octanol–water partition coefficient (Wildman–Crippen LogP) is 2.25. The summed E-state index contributed by atoms with van der Waals surface area (Å²) in [4.78, 5) is 10.9. The van der Waals surface area contributed by atoms with Crippen LogP contribution in [0.1, 0.15) is 42.5 Å². The second-order valence-corrected chi connectivity index (χ2v) is 7.26. The zero-order valence-corrected chi connectivity index (χ0v) is 13.4. The van der Waals surface area contributed by atoms with Crippen LogP contribution < -0.4 is 9.46 Å². The number of benzene rings is 1. The van der Waals surface area contributed by atoms with Crippen LogP contribution >= 0.6 is 0 Å². The Labute approximate surface area is 130 Å². The van der Waals surface area contributed by atoms with E-state index in [0.717, 1.165) is 31.7 Å². The number of carboxylic acids is 1. The number of nitrogens with one attached hydrogen (secondary N) is 1. The number of sulfonamides is 1. The van der Waals surface area contributed by atoms with Crippen molar-refractivity contribution < 1.29 is 23.1 Å². The lowest BCUT2D eigenvalue weighted by Gasteiger charge is -2.22. The van der Waals surface area contributed by atoms with Crippen LogP contribution in [0.25, 0.3) is 0 Å². The Hall–Kier alpha value is -1.60. The molecular weight excluding hydrogens is 306 g/mol. The normalized spacial score (nSPS) is 16.4. The van der Waals surface area contributed by atoms with Crippen molar-refractivity contribution in [3.8, 4) is 5.75 Å². The lowest BCUT2D eigenvalue weighted by atomic mass is 9.90. The third kappa shape index (κ3) is 3.98. The molecule has 1 saturated carbocycles. The summed E-state index contributed by atoms with van der Waals surface area (Å²) < 4.78 is 32.5. The van der Waals surface area contributed by atoms with Gasteiger partial charge in [0, 0.05) is 6.54 Å². The highest BCUT2D eigenvalue weighted by Crippen LogP contribution is 2.26. The number of methoxy groups -OCH3 is 1. The highest BCUT2D eigenvalue weighted by Gasteiger charge is 2.23. The minimum absolute atomic E-state index is 0.0844. The molecule has 1 aromatic carbocycles. The molecule has 0 heterocycles. The summed E-state index contributed by atoms with van der Waals surface area (Å²) in [7, 11) is -2.44. The molecule has 6 nitrogen and oxygen atoms in total. The van der Waals surface area contributed by atoms with E-state index in [2.05, 4.69) is 4.72 Å². The number of aromatic carboxylic acids is 1. The van der Waals surface area contributed by atoms with E-state index in [-0.39, 0.29) is 16.2 Å². The first-order chi connectivity index (χ1) is 10.4. The summed E-state index contributed by atoms with van der Waals surface area (Å²) in [6.07, 6.45) is 5.51. The molecule has 0 bridgehead atoms. The van der Waals surface area contributed by atoms with Gasteiger partial charge in [0.05, 0.1) is 12.7 Å². The van der Waals surface area contributed by atoms with Crippen molar-refractivity contribution in [3.05, 3.63) is 23.8 Å². The van der Waals surface area contributed by atoms with Crippen molar-refractivity contribution in [2.24, 2.45) is 5.92 Å². The van der Waals surface area contributed by atoms with Gasteiger partial charge >= 0.3 is 5.97 Å². The molecule has 7 heteroatoms. The van der Waals surface area contributed by atoms with Crippen molar-refractivity contribution in [1.82, 2.24) is 4.72 Å². The fraction of sp³-hybridized carbons (Fsp3) is 0.533. The molecule has 0 unspecified atom stereocenters. The summed E-state index contributed by atoms with van der Waals surface area (Å²) in [5, 5.41) is 9.02.